The van der Waals surface area contributed by atoms with Crippen LogP contribution < -0.4 is 5.73 Å². The molecular formula is C21H25FN4O2. The zero-order valence-electron chi connectivity index (χ0n) is 16.4. The Bertz CT molecular complexity index is 879. The fraction of sp³-hybridized carbons (Fsp3) is 0.381. The summed E-state index contributed by atoms with van der Waals surface area (Å²) >= 11 is 0. The molecule has 2 aromatic rings. The molecule has 7 heteroatoms. The molecule has 0 aliphatic carbocycles. The second-order valence-corrected chi connectivity index (χ2v) is 7.77. The molecule has 148 valence electrons. The van der Waals surface area contributed by atoms with Crippen molar-refractivity contribution in [2.75, 3.05) is 6.54 Å². The summed E-state index contributed by atoms with van der Waals surface area (Å²) < 4.78 is 20.6. The summed E-state index contributed by atoms with van der Waals surface area (Å²) in [5, 5.41) is 5.77. The van der Waals surface area contributed by atoms with Gasteiger partial charge in [0, 0.05) is 29.8 Å². The Morgan fingerprint density at radius 2 is 1.96 bits per heavy atom. The van der Waals surface area contributed by atoms with Gasteiger partial charge in [-0.3, -0.25) is 9.78 Å². The number of benzene rings is 1. The topological polar surface area (TPSA) is 80.8 Å². The zero-order chi connectivity index (χ0) is 20.4. The van der Waals surface area contributed by atoms with Crippen LogP contribution in [0.2, 0.25) is 0 Å². The number of ether oxygens (including phenoxy) is 1. The van der Waals surface area contributed by atoms with Crippen molar-refractivity contribution >= 4 is 11.8 Å². The number of hydrazone groups is 1. The van der Waals surface area contributed by atoms with Crippen molar-refractivity contribution in [3.05, 3.63) is 65.7 Å². The quantitative estimate of drug-likeness (QED) is 0.857. The van der Waals surface area contributed by atoms with Gasteiger partial charge in [0.1, 0.15) is 5.82 Å². The third-order valence-electron chi connectivity index (χ3n) is 4.58. The van der Waals surface area contributed by atoms with Crippen LogP contribution in [0.15, 0.2) is 53.9 Å². The van der Waals surface area contributed by atoms with Crippen LogP contribution in [-0.4, -0.2) is 28.3 Å². The number of aromatic nitrogens is 1. The monoisotopic (exact) mass is 384 g/mol. The first kappa shape index (κ1) is 19.9. The van der Waals surface area contributed by atoms with Crippen LogP contribution in [0.25, 0.3) is 0 Å². The Kier molecular flexibility index (Phi) is 5.47. The lowest BCUT2D eigenvalue weighted by molar-refractivity contribution is -0.161. The standard InChI is InChI=1S/C21H25FN4O2/c1-20(2,3)19(27)26-21(11-7-12-23,15-8-5-4-6-9-15)28-18(25-26)16-14-24-13-10-17(16)22/h4-6,8-10,13-14H,7,11-12,23H2,1-3H3. The maximum absolute atomic E-state index is 14.4. The third kappa shape index (κ3) is 3.62. The summed E-state index contributed by atoms with van der Waals surface area (Å²) in [5.41, 5.74) is 4.72. The molecule has 0 spiro atoms. The van der Waals surface area contributed by atoms with Gasteiger partial charge in [0.2, 0.25) is 11.6 Å². The van der Waals surface area contributed by atoms with Crippen molar-refractivity contribution in [3.8, 4) is 0 Å². The maximum atomic E-state index is 14.4. The first-order chi connectivity index (χ1) is 13.3. The number of hydrogen-bond acceptors (Lipinski definition) is 5. The Labute approximate surface area is 164 Å². The van der Waals surface area contributed by atoms with Gasteiger partial charge in [0.05, 0.1) is 5.56 Å². The second-order valence-electron chi connectivity index (χ2n) is 7.77. The Balaban J connectivity index is 2.16. The lowest BCUT2D eigenvalue weighted by Crippen LogP contribution is -2.49. The minimum atomic E-state index is -1.19. The van der Waals surface area contributed by atoms with Crippen molar-refractivity contribution in [3.63, 3.8) is 0 Å². The lowest BCUT2D eigenvalue weighted by Gasteiger charge is -2.38. The van der Waals surface area contributed by atoms with Crippen LogP contribution in [0.1, 0.15) is 44.7 Å². The van der Waals surface area contributed by atoms with Gasteiger partial charge in [0.15, 0.2) is 0 Å². The average molecular weight is 384 g/mol. The van der Waals surface area contributed by atoms with E-state index in [9.17, 15) is 9.18 Å². The fourth-order valence-electron chi connectivity index (χ4n) is 3.09. The summed E-state index contributed by atoms with van der Waals surface area (Å²) in [6, 6.07) is 10.6. The van der Waals surface area contributed by atoms with Crippen molar-refractivity contribution in [1.82, 2.24) is 9.99 Å². The zero-order valence-corrected chi connectivity index (χ0v) is 16.4. The van der Waals surface area contributed by atoms with Crippen LogP contribution in [0.4, 0.5) is 4.39 Å². The molecule has 2 N–H and O–H groups in total. The summed E-state index contributed by atoms with van der Waals surface area (Å²) in [7, 11) is 0. The third-order valence-corrected chi connectivity index (χ3v) is 4.58. The number of carbonyl (C=O) groups is 1. The molecule has 1 unspecified atom stereocenters. The molecule has 1 aliphatic rings. The van der Waals surface area contributed by atoms with E-state index >= 15 is 0 Å². The first-order valence-electron chi connectivity index (χ1n) is 9.27. The fourth-order valence-corrected chi connectivity index (χ4v) is 3.09. The van der Waals surface area contributed by atoms with Crippen molar-refractivity contribution < 1.29 is 13.9 Å². The van der Waals surface area contributed by atoms with E-state index in [1.165, 1.54) is 23.5 Å². The molecular weight excluding hydrogens is 359 g/mol. The van der Waals surface area contributed by atoms with E-state index in [1.807, 2.05) is 51.1 Å². The lowest BCUT2D eigenvalue weighted by atomic mass is 9.91. The minimum Gasteiger partial charge on any atom is -0.443 e. The first-order valence-corrected chi connectivity index (χ1v) is 9.27. The Hall–Kier alpha value is -2.80. The Morgan fingerprint density at radius 1 is 1.25 bits per heavy atom. The summed E-state index contributed by atoms with van der Waals surface area (Å²) in [5.74, 6) is -0.712. The number of amides is 1. The average Bonchev–Trinajstić information content (AvgIpc) is 3.06. The van der Waals surface area contributed by atoms with Crippen LogP contribution in [0.5, 0.6) is 0 Å². The Morgan fingerprint density at radius 3 is 2.57 bits per heavy atom. The van der Waals surface area contributed by atoms with Gasteiger partial charge < -0.3 is 10.5 Å². The van der Waals surface area contributed by atoms with E-state index in [-0.39, 0.29) is 17.4 Å². The summed E-state index contributed by atoms with van der Waals surface area (Å²) in [6.45, 7) is 5.86. The van der Waals surface area contributed by atoms with Crippen LogP contribution in [-0.2, 0) is 15.3 Å². The highest BCUT2D eigenvalue weighted by molar-refractivity contribution is 5.97. The predicted molar refractivity (Wildman–Crippen MR) is 105 cm³/mol. The highest BCUT2D eigenvalue weighted by atomic mass is 19.1. The molecule has 1 aromatic carbocycles. The second kappa shape index (κ2) is 7.67. The molecule has 6 nitrogen and oxygen atoms in total. The number of nitrogens with zero attached hydrogens (tertiary/aromatic N) is 3. The number of carbonyl (C=O) groups excluding carboxylic acids is 1. The van der Waals surface area contributed by atoms with E-state index in [4.69, 9.17) is 10.5 Å². The number of halogens is 1. The van der Waals surface area contributed by atoms with E-state index in [1.54, 1.807) is 0 Å². The normalized spacial score (nSPS) is 19.3. The predicted octanol–water partition coefficient (Wildman–Crippen LogP) is 3.38. The molecule has 28 heavy (non-hydrogen) atoms. The van der Waals surface area contributed by atoms with Gasteiger partial charge in [-0.05, 0) is 19.0 Å². The van der Waals surface area contributed by atoms with E-state index in [0.29, 0.717) is 19.4 Å². The number of nitrogens with two attached hydrogens (primary N) is 1. The molecule has 2 heterocycles. The SMILES string of the molecule is CC(C)(C)C(=O)N1N=C(c2cnccc2F)OC1(CCCN)c1ccccc1. The molecule has 0 radical (unpaired) electrons. The molecule has 1 atom stereocenters. The molecule has 3 rings (SSSR count). The van der Waals surface area contributed by atoms with Gasteiger partial charge in [-0.1, -0.05) is 51.1 Å². The molecule has 0 fully saturated rings. The van der Waals surface area contributed by atoms with Crippen LogP contribution >= 0.6 is 0 Å². The molecule has 1 aliphatic heterocycles. The largest absolute Gasteiger partial charge is 0.443 e. The number of hydrogen-bond donors (Lipinski definition) is 1. The van der Waals surface area contributed by atoms with E-state index < -0.39 is 17.0 Å². The molecule has 1 aromatic heterocycles. The highest BCUT2D eigenvalue weighted by Gasteiger charge is 2.51. The van der Waals surface area contributed by atoms with Crippen LogP contribution in [0, 0.1) is 11.2 Å². The molecule has 0 saturated heterocycles. The minimum absolute atomic E-state index is 0.0316. The molecule has 0 saturated carbocycles. The van der Waals surface area contributed by atoms with E-state index in [0.717, 1.165) is 5.56 Å². The molecule has 1 amide bonds. The van der Waals surface area contributed by atoms with Gasteiger partial charge in [-0.2, -0.15) is 5.01 Å². The number of pyridine rings is 1. The smallest absolute Gasteiger partial charge is 0.251 e. The van der Waals surface area contributed by atoms with Gasteiger partial charge in [-0.25, -0.2) is 4.39 Å². The summed E-state index contributed by atoms with van der Waals surface area (Å²) in [4.78, 5) is 17.2. The highest BCUT2D eigenvalue weighted by Crippen LogP contribution is 2.42. The van der Waals surface area contributed by atoms with E-state index in [2.05, 4.69) is 10.1 Å². The molecule has 0 bridgehead atoms. The van der Waals surface area contributed by atoms with Gasteiger partial charge >= 0.3 is 0 Å². The van der Waals surface area contributed by atoms with Crippen molar-refractivity contribution in [1.29, 1.82) is 0 Å². The maximum Gasteiger partial charge on any atom is 0.251 e. The van der Waals surface area contributed by atoms with Crippen molar-refractivity contribution in [2.24, 2.45) is 16.3 Å². The van der Waals surface area contributed by atoms with Crippen molar-refractivity contribution in [2.45, 2.75) is 39.3 Å². The number of rotatable bonds is 5. The van der Waals surface area contributed by atoms with Gasteiger partial charge in [-0.15, -0.1) is 5.10 Å². The summed E-state index contributed by atoms with van der Waals surface area (Å²) in [6.07, 6.45) is 3.72. The van der Waals surface area contributed by atoms with Gasteiger partial charge in [0.25, 0.3) is 5.91 Å². The van der Waals surface area contributed by atoms with Crippen LogP contribution in [0.3, 0.4) is 0 Å².